The Morgan fingerprint density at radius 1 is 1.47 bits per heavy atom. The number of aromatic nitrogens is 1. The predicted octanol–water partition coefficient (Wildman–Crippen LogP) is 1.10. The van der Waals surface area contributed by atoms with Gasteiger partial charge in [-0.05, 0) is 31.9 Å². The number of nitrogens with zero attached hydrogens (tertiary/aromatic N) is 2. The van der Waals surface area contributed by atoms with Crippen LogP contribution < -0.4 is 10.6 Å². The number of rotatable bonds is 5. The van der Waals surface area contributed by atoms with Gasteiger partial charge in [0.1, 0.15) is 11.9 Å². The number of anilines is 1. The summed E-state index contributed by atoms with van der Waals surface area (Å²) in [4.78, 5) is 28.5. The van der Waals surface area contributed by atoms with Crippen LogP contribution in [-0.4, -0.2) is 35.1 Å². The van der Waals surface area contributed by atoms with Crippen LogP contribution in [0.15, 0.2) is 6.07 Å². The molecular formula is C13H19N3O3. The fraction of sp³-hybridized carbons (Fsp3) is 0.462. The van der Waals surface area contributed by atoms with Gasteiger partial charge in [0.05, 0.1) is 5.56 Å². The zero-order valence-corrected chi connectivity index (χ0v) is 11.6. The fourth-order valence-corrected chi connectivity index (χ4v) is 2.14. The van der Waals surface area contributed by atoms with E-state index < -0.39 is 17.9 Å². The Morgan fingerprint density at radius 3 is 2.47 bits per heavy atom. The highest BCUT2D eigenvalue weighted by atomic mass is 16.4. The Balaban J connectivity index is 3.40. The number of carboxylic acid groups (broad SMARTS) is 1. The van der Waals surface area contributed by atoms with Crippen molar-refractivity contribution < 1.29 is 14.7 Å². The van der Waals surface area contributed by atoms with Crippen LogP contribution in [0, 0.1) is 13.8 Å². The minimum absolute atomic E-state index is 0.271. The topological polar surface area (TPSA) is 96.5 Å². The minimum Gasteiger partial charge on any atom is -0.480 e. The minimum atomic E-state index is -0.957. The summed E-state index contributed by atoms with van der Waals surface area (Å²) in [5.41, 5.74) is 7.05. The monoisotopic (exact) mass is 265 g/mol. The smallest absolute Gasteiger partial charge is 0.326 e. The number of likely N-dealkylation sites (N-methyl/N-ethyl adjacent to an activating group) is 1. The third-order valence-corrected chi connectivity index (χ3v) is 3.05. The summed E-state index contributed by atoms with van der Waals surface area (Å²) in [5.74, 6) is -1.24. The molecule has 0 bridgehead atoms. The highest BCUT2D eigenvalue weighted by Crippen LogP contribution is 2.23. The number of hydrogen-bond donors (Lipinski definition) is 2. The van der Waals surface area contributed by atoms with Crippen LogP contribution in [0.25, 0.3) is 0 Å². The van der Waals surface area contributed by atoms with Gasteiger partial charge in [0.2, 0.25) is 0 Å². The lowest BCUT2D eigenvalue weighted by Crippen LogP contribution is -2.40. The summed E-state index contributed by atoms with van der Waals surface area (Å²) in [6.45, 7) is 5.31. The van der Waals surface area contributed by atoms with E-state index in [4.69, 9.17) is 5.73 Å². The maximum atomic E-state index is 11.5. The van der Waals surface area contributed by atoms with Crippen molar-refractivity contribution in [1.82, 2.24) is 4.98 Å². The van der Waals surface area contributed by atoms with Crippen LogP contribution in [0.5, 0.6) is 0 Å². The molecule has 0 aliphatic rings. The highest BCUT2D eigenvalue weighted by Gasteiger charge is 2.26. The Labute approximate surface area is 112 Å². The molecule has 3 N–H and O–H groups in total. The molecule has 0 aliphatic heterocycles. The first kappa shape index (κ1) is 14.9. The quantitative estimate of drug-likeness (QED) is 0.831. The molecule has 0 saturated heterocycles. The van der Waals surface area contributed by atoms with Gasteiger partial charge in [-0.1, -0.05) is 6.92 Å². The van der Waals surface area contributed by atoms with E-state index in [2.05, 4.69) is 4.98 Å². The van der Waals surface area contributed by atoms with Crippen molar-refractivity contribution in [3.8, 4) is 0 Å². The summed E-state index contributed by atoms with van der Waals surface area (Å²) in [7, 11) is 1.61. The Morgan fingerprint density at radius 2 is 2.05 bits per heavy atom. The van der Waals surface area contributed by atoms with Crippen molar-refractivity contribution in [1.29, 1.82) is 0 Å². The molecule has 0 saturated carbocycles. The largest absolute Gasteiger partial charge is 0.480 e. The summed E-state index contributed by atoms with van der Waals surface area (Å²) < 4.78 is 0. The van der Waals surface area contributed by atoms with Crippen molar-refractivity contribution in [3.63, 3.8) is 0 Å². The maximum absolute atomic E-state index is 11.5. The van der Waals surface area contributed by atoms with Gasteiger partial charge < -0.3 is 15.7 Å². The van der Waals surface area contributed by atoms with Gasteiger partial charge in [0.25, 0.3) is 5.91 Å². The molecule has 0 aliphatic carbocycles. The first-order valence-corrected chi connectivity index (χ1v) is 6.03. The third-order valence-electron chi connectivity index (χ3n) is 3.05. The lowest BCUT2D eigenvalue weighted by atomic mass is 10.1. The first-order valence-electron chi connectivity index (χ1n) is 6.03. The number of carboxylic acids is 1. The van der Waals surface area contributed by atoms with Gasteiger partial charge in [0, 0.05) is 12.7 Å². The zero-order chi connectivity index (χ0) is 14.7. The van der Waals surface area contributed by atoms with E-state index in [0.29, 0.717) is 23.5 Å². The van der Waals surface area contributed by atoms with Gasteiger partial charge in [-0.3, -0.25) is 4.79 Å². The molecular weight excluding hydrogens is 246 g/mol. The summed E-state index contributed by atoms with van der Waals surface area (Å²) in [6, 6.07) is 1.01. The second-order valence-electron chi connectivity index (χ2n) is 4.52. The van der Waals surface area contributed by atoms with Crippen molar-refractivity contribution in [2.45, 2.75) is 33.2 Å². The van der Waals surface area contributed by atoms with Crippen molar-refractivity contribution in [2.24, 2.45) is 5.73 Å². The normalized spacial score (nSPS) is 12.0. The predicted molar refractivity (Wildman–Crippen MR) is 72.3 cm³/mol. The first-order chi connectivity index (χ1) is 8.79. The summed E-state index contributed by atoms with van der Waals surface area (Å²) in [6.07, 6.45) is 0.401. The number of pyridine rings is 1. The molecule has 0 fully saturated rings. The molecule has 0 spiro atoms. The zero-order valence-electron chi connectivity index (χ0n) is 11.6. The summed E-state index contributed by atoms with van der Waals surface area (Å²) >= 11 is 0. The van der Waals surface area contributed by atoms with Crippen LogP contribution in [0.3, 0.4) is 0 Å². The molecule has 6 nitrogen and oxygen atoms in total. The Hall–Kier alpha value is -2.11. The van der Waals surface area contributed by atoms with Gasteiger partial charge in [-0.2, -0.15) is 0 Å². The number of aryl methyl sites for hydroxylation is 2. The molecule has 0 aromatic carbocycles. The van der Waals surface area contributed by atoms with E-state index >= 15 is 0 Å². The fourth-order valence-electron chi connectivity index (χ4n) is 2.14. The molecule has 19 heavy (non-hydrogen) atoms. The molecule has 1 rings (SSSR count). The lowest BCUT2D eigenvalue weighted by Gasteiger charge is -2.27. The van der Waals surface area contributed by atoms with Crippen LogP contribution >= 0.6 is 0 Å². The lowest BCUT2D eigenvalue weighted by molar-refractivity contribution is -0.138. The van der Waals surface area contributed by atoms with Crippen molar-refractivity contribution in [3.05, 3.63) is 22.9 Å². The Bertz CT molecular complexity index is 514. The molecule has 1 unspecified atom stereocenters. The third kappa shape index (κ3) is 3.01. The molecule has 104 valence electrons. The molecule has 1 aromatic heterocycles. The second-order valence-corrected chi connectivity index (χ2v) is 4.52. The standard InChI is InChI=1S/C13H19N3O3/c1-5-9(13(18)19)16(4)12-10(11(14)17)7(2)6-8(3)15-12/h6,9H,5H2,1-4H3,(H2,14,17)(H,18,19). The number of carbonyl (C=O) groups is 2. The Kier molecular flexibility index (Phi) is 4.47. The van der Waals surface area contributed by atoms with E-state index in [0.717, 1.165) is 0 Å². The summed E-state index contributed by atoms with van der Waals surface area (Å²) in [5, 5.41) is 9.19. The second kappa shape index (κ2) is 5.69. The van der Waals surface area contributed by atoms with Crippen LogP contribution in [0.4, 0.5) is 5.82 Å². The number of carbonyl (C=O) groups excluding carboxylic acids is 1. The number of nitrogens with two attached hydrogens (primary N) is 1. The van der Waals surface area contributed by atoms with Gasteiger partial charge in [-0.25, -0.2) is 9.78 Å². The molecule has 1 amide bonds. The van der Waals surface area contributed by atoms with Gasteiger partial charge in [-0.15, -0.1) is 0 Å². The highest BCUT2D eigenvalue weighted by molar-refractivity contribution is 5.99. The number of amides is 1. The van der Waals surface area contributed by atoms with Gasteiger partial charge in [0.15, 0.2) is 0 Å². The number of primary amides is 1. The van der Waals surface area contributed by atoms with Crippen LogP contribution in [0.1, 0.15) is 35.0 Å². The van der Waals surface area contributed by atoms with E-state index in [1.165, 1.54) is 4.90 Å². The van der Waals surface area contributed by atoms with Crippen LogP contribution in [0.2, 0.25) is 0 Å². The molecule has 1 atom stereocenters. The molecule has 1 aromatic rings. The number of aliphatic carboxylic acids is 1. The van der Waals surface area contributed by atoms with E-state index in [-0.39, 0.29) is 5.56 Å². The maximum Gasteiger partial charge on any atom is 0.326 e. The van der Waals surface area contributed by atoms with E-state index in [9.17, 15) is 14.7 Å². The number of hydrogen-bond acceptors (Lipinski definition) is 4. The van der Waals surface area contributed by atoms with Gasteiger partial charge >= 0.3 is 5.97 Å². The molecule has 0 radical (unpaired) electrons. The van der Waals surface area contributed by atoms with Crippen molar-refractivity contribution in [2.75, 3.05) is 11.9 Å². The molecule has 1 heterocycles. The van der Waals surface area contributed by atoms with E-state index in [1.54, 1.807) is 33.9 Å². The van der Waals surface area contributed by atoms with Crippen LogP contribution in [-0.2, 0) is 4.79 Å². The SMILES string of the molecule is CCC(C(=O)O)N(C)c1nc(C)cc(C)c1C(N)=O. The average Bonchev–Trinajstić information content (AvgIpc) is 2.27. The van der Waals surface area contributed by atoms with E-state index in [1.807, 2.05) is 0 Å². The average molecular weight is 265 g/mol. The molecule has 6 heteroatoms. The van der Waals surface area contributed by atoms with Crippen molar-refractivity contribution >= 4 is 17.7 Å².